The minimum absolute atomic E-state index is 0.0134. The van der Waals surface area contributed by atoms with Crippen molar-refractivity contribution in [2.24, 2.45) is 0 Å². The molecular weight excluding hydrogens is 256 g/mol. The molecule has 2 heterocycles. The van der Waals surface area contributed by atoms with Crippen LogP contribution in [-0.2, 0) is 4.74 Å². The summed E-state index contributed by atoms with van der Waals surface area (Å²) in [6, 6.07) is 0.269. The minimum Gasteiger partial charge on any atom is -0.385 e. The second kappa shape index (κ2) is 7.28. The molecule has 0 aromatic carbocycles. The first-order chi connectivity index (χ1) is 9.72. The van der Waals surface area contributed by atoms with Crippen LogP contribution in [0.25, 0.3) is 0 Å². The summed E-state index contributed by atoms with van der Waals surface area (Å²) in [5.41, 5.74) is 1.09. The Bertz CT molecular complexity index is 407. The third-order valence-corrected chi connectivity index (χ3v) is 3.79. The Hall–Kier alpha value is -1.56. The molecule has 0 saturated carbocycles. The number of carbonyl (C=O) groups is 1. The summed E-state index contributed by atoms with van der Waals surface area (Å²) in [4.78, 5) is 14.3. The summed E-state index contributed by atoms with van der Waals surface area (Å²) < 4.78 is 5.04. The number of aromatic amines is 1. The van der Waals surface area contributed by atoms with Gasteiger partial charge in [0.2, 0.25) is 0 Å². The van der Waals surface area contributed by atoms with Gasteiger partial charge < -0.3 is 15.0 Å². The zero-order valence-corrected chi connectivity index (χ0v) is 12.3. The van der Waals surface area contributed by atoms with Gasteiger partial charge in [-0.15, -0.1) is 0 Å². The lowest BCUT2D eigenvalue weighted by Crippen LogP contribution is -2.47. The number of rotatable bonds is 5. The average Bonchev–Trinajstić information content (AvgIpc) is 2.99. The summed E-state index contributed by atoms with van der Waals surface area (Å²) in [6.45, 7) is 3.47. The van der Waals surface area contributed by atoms with Gasteiger partial charge in [0.1, 0.15) is 0 Å². The van der Waals surface area contributed by atoms with Crippen LogP contribution < -0.4 is 5.32 Å². The van der Waals surface area contributed by atoms with Crippen LogP contribution in [0.1, 0.15) is 44.2 Å². The number of H-pyrrole nitrogens is 1. The first kappa shape index (κ1) is 14.8. The molecule has 112 valence electrons. The van der Waals surface area contributed by atoms with Gasteiger partial charge in [-0.05, 0) is 32.6 Å². The van der Waals surface area contributed by atoms with Gasteiger partial charge in [0, 0.05) is 38.1 Å². The first-order valence-electron chi connectivity index (χ1n) is 7.27. The van der Waals surface area contributed by atoms with E-state index in [2.05, 4.69) is 15.5 Å². The lowest BCUT2D eigenvalue weighted by atomic mass is 9.98. The molecule has 20 heavy (non-hydrogen) atoms. The zero-order valence-electron chi connectivity index (χ0n) is 12.3. The van der Waals surface area contributed by atoms with Crippen LogP contribution in [0.2, 0.25) is 0 Å². The molecule has 1 aliphatic heterocycles. The lowest BCUT2D eigenvalue weighted by Gasteiger charge is -2.36. The van der Waals surface area contributed by atoms with Crippen molar-refractivity contribution in [3.63, 3.8) is 0 Å². The van der Waals surface area contributed by atoms with Crippen molar-refractivity contribution in [2.45, 2.75) is 44.7 Å². The van der Waals surface area contributed by atoms with Crippen LogP contribution in [0.5, 0.6) is 0 Å². The van der Waals surface area contributed by atoms with Crippen molar-refractivity contribution in [2.75, 3.05) is 20.3 Å². The molecule has 2 rings (SSSR count). The molecule has 0 unspecified atom stereocenters. The van der Waals surface area contributed by atoms with E-state index in [1.165, 1.54) is 0 Å². The van der Waals surface area contributed by atoms with E-state index in [0.717, 1.165) is 37.8 Å². The van der Waals surface area contributed by atoms with E-state index in [0.29, 0.717) is 6.61 Å². The topological polar surface area (TPSA) is 70.2 Å². The molecule has 6 nitrogen and oxygen atoms in total. The zero-order chi connectivity index (χ0) is 14.4. The molecule has 1 aliphatic rings. The molecule has 2 atom stereocenters. The maximum absolute atomic E-state index is 12.4. The number of amides is 2. The van der Waals surface area contributed by atoms with Crippen LogP contribution >= 0.6 is 0 Å². The maximum Gasteiger partial charge on any atom is 0.318 e. The fourth-order valence-corrected chi connectivity index (χ4v) is 2.62. The highest BCUT2D eigenvalue weighted by atomic mass is 16.5. The third kappa shape index (κ3) is 3.72. The lowest BCUT2D eigenvalue weighted by molar-refractivity contribution is 0.144. The van der Waals surface area contributed by atoms with Crippen molar-refractivity contribution < 1.29 is 9.53 Å². The van der Waals surface area contributed by atoms with Gasteiger partial charge in [0.25, 0.3) is 0 Å². The van der Waals surface area contributed by atoms with E-state index < -0.39 is 0 Å². The van der Waals surface area contributed by atoms with Gasteiger partial charge in [-0.2, -0.15) is 5.10 Å². The van der Waals surface area contributed by atoms with E-state index in [9.17, 15) is 4.79 Å². The number of ether oxygens (including phenoxy) is 1. The van der Waals surface area contributed by atoms with E-state index in [1.54, 1.807) is 7.11 Å². The van der Waals surface area contributed by atoms with E-state index in [-0.39, 0.29) is 18.1 Å². The maximum atomic E-state index is 12.4. The van der Waals surface area contributed by atoms with Crippen LogP contribution in [0.3, 0.4) is 0 Å². The van der Waals surface area contributed by atoms with Crippen LogP contribution in [0.15, 0.2) is 12.4 Å². The molecule has 0 spiro atoms. The third-order valence-electron chi connectivity index (χ3n) is 3.79. The quantitative estimate of drug-likeness (QED) is 0.867. The van der Waals surface area contributed by atoms with Gasteiger partial charge in [0.05, 0.1) is 12.2 Å². The Morgan fingerprint density at radius 2 is 2.50 bits per heavy atom. The first-order valence-corrected chi connectivity index (χ1v) is 7.27. The number of piperidine rings is 1. The number of carbonyl (C=O) groups excluding carboxylic acids is 1. The second-order valence-corrected chi connectivity index (χ2v) is 5.37. The predicted molar refractivity (Wildman–Crippen MR) is 76.4 cm³/mol. The van der Waals surface area contributed by atoms with Gasteiger partial charge in [-0.1, -0.05) is 0 Å². The van der Waals surface area contributed by atoms with Gasteiger partial charge in [0.15, 0.2) is 0 Å². The van der Waals surface area contributed by atoms with Gasteiger partial charge in [-0.25, -0.2) is 4.79 Å². The predicted octanol–water partition coefficient (Wildman–Crippen LogP) is 2.07. The number of methoxy groups -OCH3 is 1. The summed E-state index contributed by atoms with van der Waals surface area (Å²) >= 11 is 0. The Labute approximate surface area is 119 Å². The van der Waals surface area contributed by atoms with Crippen LogP contribution in [0, 0.1) is 0 Å². The highest BCUT2D eigenvalue weighted by molar-refractivity contribution is 5.75. The fraction of sp³-hybridized carbons (Fsp3) is 0.714. The molecule has 1 saturated heterocycles. The summed E-state index contributed by atoms with van der Waals surface area (Å²) in [5.74, 6) is 0. The number of hydrogen-bond donors (Lipinski definition) is 2. The fourth-order valence-electron chi connectivity index (χ4n) is 2.62. The number of nitrogens with zero attached hydrogens (tertiary/aromatic N) is 2. The number of nitrogens with one attached hydrogen (secondary N) is 2. The minimum atomic E-state index is 0.0134. The Balaban J connectivity index is 1.95. The average molecular weight is 280 g/mol. The van der Waals surface area contributed by atoms with E-state index in [4.69, 9.17) is 4.74 Å². The standard InChI is InChI=1S/C14H24N4O2/c1-11(6-8-20-2)17-14(19)18-7-4-3-5-13(18)12-9-15-16-10-12/h9-11,13H,3-8H2,1-2H3,(H,15,16)(H,17,19)/t11-,13+/m1/s1. The van der Waals surface area contributed by atoms with Crippen molar-refractivity contribution in [3.8, 4) is 0 Å². The molecule has 0 aliphatic carbocycles. The molecule has 2 amide bonds. The molecule has 1 aromatic rings. The molecular formula is C14H24N4O2. The molecule has 2 N–H and O–H groups in total. The molecule has 0 bridgehead atoms. The normalized spacial score (nSPS) is 20.7. The SMILES string of the molecule is COCC[C@@H](C)NC(=O)N1CCCC[C@H]1c1cn[nH]c1. The number of urea groups is 1. The monoisotopic (exact) mass is 280 g/mol. The van der Waals surface area contributed by atoms with Crippen LogP contribution in [-0.4, -0.2) is 47.4 Å². The molecule has 6 heteroatoms. The Kier molecular flexibility index (Phi) is 5.40. The number of hydrogen-bond acceptors (Lipinski definition) is 3. The van der Waals surface area contributed by atoms with Crippen molar-refractivity contribution in [1.82, 2.24) is 20.4 Å². The highest BCUT2D eigenvalue weighted by Crippen LogP contribution is 2.30. The van der Waals surface area contributed by atoms with E-state index in [1.807, 2.05) is 24.2 Å². The van der Waals surface area contributed by atoms with Crippen molar-refractivity contribution >= 4 is 6.03 Å². The largest absolute Gasteiger partial charge is 0.385 e. The number of aromatic nitrogens is 2. The van der Waals surface area contributed by atoms with E-state index >= 15 is 0 Å². The Morgan fingerprint density at radius 3 is 3.20 bits per heavy atom. The van der Waals surface area contributed by atoms with Gasteiger partial charge >= 0.3 is 6.03 Å². The molecule has 1 aromatic heterocycles. The summed E-state index contributed by atoms with van der Waals surface area (Å²) in [6.07, 6.45) is 7.73. The summed E-state index contributed by atoms with van der Waals surface area (Å²) in [7, 11) is 1.67. The van der Waals surface area contributed by atoms with Crippen LogP contribution in [0.4, 0.5) is 4.79 Å². The second-order valence-electron chi connectivity index (χ2n) is 5.37. The Morgan fingerprint density at radius 1 is 1.65 bits per heavy atom. The molecule has 1 fully saturated rings. The smallest absolute Gasteiger partial charge is 0.318 e. The summed E-state index contributed by atoms with van der Waals surface area (Å²) in [5, 5.41) is 9.88. The number of likely N-dealkylation sites (tertiary alicyclic amines) is 1. The van der Waals surface area contributed by atoms with Crippen molar-refractivity contribution in [3.05, 3.63) is 18.0 Å². The molecule has 0 radical (unpaired) electrons. The highest BCUT2D eigenvalue weighted by Gasteiger charge is 2.29. The van der Waals surface area contributed by atoms with Crippen molar-refractivity contribution in [1.29, 1.82) is 0 Å². The van der Waals surface area contributed by atoms with Gasteiger partial charge in [-0.3, -0.25) is 5.10 Å².